The highest BCUT2D eigenvalue weighted by atomic mass is 79.9. The predicted molar refractivity (Wildman–Crippen MR) is 72.7 cm³/mol. The van der Waals surface area contributed by atoms with Crippen molar-refractivity contribution in [3.05, 3.63) is 22.2 Å². The van der Waals surface area contributed by atoms with Crippen molar-refractivity contribution >= 4 is 15.9 Å². The summed E-state index contributed by atoms with van der Waals surface area (Å²) in [6.07, 6.45) is 0. The van der Waals surface area contributed by atoms with Gasteiger partial charge in [-0.2, -0.15) is 0 Å². The lowest BCUT2D eigenvalue weighted by Gasteiger charge is -2.16. The van der Waals surface area contributed by atoms with Gasteiger partial charge in [0.2, 0.25) is 6.79 Å². The van der Waals surface area contributed by atoms with Crippen LogP contribution in [0.15, 0.2) is 16.6 Å². The fourth-order valence-electron chi connectivity index (χ4n) is 2.55. The van der Waals surface area contributed by atoms with E-state index in [-0.39, 0.29) is 6.04 Å². The molecule has 5 heteroatoms. The second-order valence-electron chi connectivity index (χ2n) is 5.13. The topological polar surface area (TPSA) is 47.7 Å². The lowest BCUT2D eigenvalue weighted by Crippen LogP contribution is -2.28. The number of fused-ring (bicyclic) bond motifs is 1. The Labute approximate surface area is 115 Å². The Hall–Kier alpha value is -0.780. The van der Waals surface area contributed by atoms with Gasteiger partial charge in [0.1, 0.15) is 0 Å². The van der Waals surface area contributed by atoms with Crippen molar-refractivity contribution < 1.29 is 9.47 Å². The van der Waals surface area contributed by atoms with Gasteiger partial charge in [-0.05, 0) is 23.6 Å². The molecule has 0 saturated carbocycles. The fourth-order valence-corrected chi connectivity index (χ4v) is 2.99. The van der Waals surface area contributed by atoms with E-state index in [0.717, 1.165) is 35.6 Å². The zero-order valence-corrected chi connectivity index (χ0v) is 11.9. The number of hydrogen-bond acceptors (Lipinski definition) is 4. The smallest absolute Gasteiger partial charge is 0.231 e. The highest BCUT2D eigenvalue weighted by Gasteiger charge is 2.27. The van der Waals surface area contributed by atoms with Crippen molar-refractivity contribution in [1.29, 1.82) is 0 Å². The van der Waals surface area contributed by atoms with E-state index >= 15 is 0 Å². The average molecular weight is 313 g/mol. The molecule has 2 atom stereocenters. The minimum atomic E-state index is 0.290. The summed E-state index contributed by atoms with van der Waals surface area (Å²) in [5.41, 5.74) is 7.28. The van der Waals surface area contributed by atoms with Crippen molar-refractivity contribution in [3.8, 4) is 11.5 Å². The van der Waals surface area contributed by atoms with Gasteiger partial charge in [0.25, 0.3) is 0 Å². The summed E-state index contributed by atoms with van der Waals surface area (Å²) >= 11 is 3.59. The summed E-state index contributed by atoms with van der Waals surface area (Å²) in [5, 5.41) is 0. The third kappa shape index (κ3) is 2.22. The van der Waals surface area contributed by atoms with Crippen molar-refractivity contribution in [2.75, 3.05) is 19.9 Å². The number of benzene rings is 1. The van der Waals surface area contributed by atoms with E-state index < -0.39 is 0 Å². The zero-order valence-electron chi connectivity index (χ0n) is 10.4. The maximum Gasteiger partial charge on any atom is 0.231 e. The average Bonchev–Trinajstić information content (AvgIpc) is 2.87. The number of halogens is 1. The molecule has 2 unspecified atom stereocenters. The molecule has 4 nitrogen and oxygen atoms in total. The Morgan fingerprint density at radius 3 is 2.72 bits per heavy atom. The third-order valence-electron chi connectivity index (χ3n) is 3.68. The quantitative estimate of drug-likeness (QED) is 0.907. The normalized spacial score (nSPS) is 26.8. The van der Waals surface area contributed by atoms with Crippen LogP contribution in [0.2, 0.25) is 0 Å². The summed E-state index contributed by atoms with van der Waals surface area (Å²) in [6, 6.07) is 4.33. The van der Waals surface area contributed by atoms with Crippen LogP contribution in [-0.2, 0) is 6.54 Å². The van der Waals surface area contributed by atoms with Crippen LogP contribution in [0, 0.1) is 5.92 Å². The Kier molecular flexibility index (Phi) is 3.21. The third-order valence-corrected chi connectivity index (χ3v) is 4.42. The van der Waals surface area contributed by atoms with E-state index in [1.807, 2.05) is 6.07 Å². The van der Waals surface area contributed by atoms with E-state index in [1.165, 1.54) is 5.56 Å². The number of likely N-dealkylation sites (tertiary alicyclic amines) is 1. The van der Waals surface area contributed by atoms with Crippen molar-refractivity contribution in [3.63, 3.8) is 0 Å². The van der Waals surface area contributed by atoms with Crippen molar-refractivity contribution in [2.24, 2.45) is 11.7 Å². The molecule has 0 spiro atoms. The van der Waals surface area contributed by atoms with Gasteiger partial charge in [0.15, 0.2) is 11.5 Å². The van der Waals surface area contributed by atoms with Crippen LogP contribution in [0.3, 0.4) is 0 Å². The lowest BCUT2D eigenvalue weighted by molar-refractivity contribution is 0.174. The number of nitrogens with zero attached hydrogens (tertiary/aromatic N) is 1. The molecule has 0 aromatic heterocycles. The van der Waals surface area contributed by atoms with Crippen molar-refractivity contribution in [1.82, 2.24) is 4.90 Å². The van der Waals surface area contributed by atoms with E-state index in [2.05, 4.69) is 33.8 Å². The molecule has 0 bridgehead atoms. The van der Waals surface area contributed by atoms with Gasteiger partial charge < -0.3 is 15.2 Å². The monoisotopic (exact) mass is 312 g/mol. The molecule has 0 radical (unpaired) electrons. The van der Waals surface area contributed by atoms with E-state index in [0.29, 0.717) is 12.7 Å². The van der Waals surface area contributed by atoms with E-state index in [1.54, 1.807) is 0 Å². The molecule has 98 valence electrons. The van der Waals surface area contributed by atoms with Gasteiger partial charge in [-0.1, -0.05) is 22.9 Å². The van der Waals surface area contributed by atoms with Crippen LogP contribution >= 0.6 is 15.9 Å². The Bertz CT molecular complexity index is 457. The summed E-state index contributed by atoms with van der Waals surface area (Å²) in [7, 11) is 0. The van der Waals surface area contributed by atoms with Crippen molar-refractivity contribution in [2.45, 2.75) is 19.5 Å². The molecule has 2 N–H and O–H groups in total. The molecule has 1 saturated heterocycles. The van der Waals surface area contributed by atoms with Crippen LogP contribution in [0.5, 0.6) is 11.5 Å². The standard InChI is InChI=1S/C13H17BrN2O2/c1-8-4-16(6-11(8)15)5-9-2-12-13(3-10(9)14)18-7-17-12/h2-3,8,11H,4-7,15H2,1H3. The first-order chi connectivity index (χ1) is 8.63. The van der Waals surface area contributed by atoms with Gasteiger partial charge in [0.05, 0.1) is 0 Å². The highest BCUT2D eigenvalue weighted by molar-refractivity contribution is 9.10. The summed E-state index contributed by atoms with van der Waals surface area (Å²) in [6.45, 7) is 5.44. The van der Waals surface area contributed by atoms with E-state index in [4.69, 9.17) is 15.2 Å². The second-order valence-corrected chi connectivity index (χ2v) is 5.99. The molecule has 0 aliphatic carbocycles. The molecule has 1 aromatic carbocycles. The number of ether oxygens (including phenoxy) is 2. The number of rotatable bonds is 2. The lowest BCUT2D eigenvalue weighted by atomic mass is 10.1. The SMILES string of the molecule is CC1CN(Cc2cc3c(cc2Br)OCO3)CC1N. The van der Waals surface area contributed by atoms with Gasteiger partial charge in [-0.15, -0.1) is 0 Å². The summed E-state index contributed by atoms with van der Waals surface area (Å²) in [4.78, 5) is 2.39. The molecule has 2 aliphatic rings. The zero-order chi connectivity index (χ0) is 12.7. The van der Waals surface area contributed by atoms with Crippen LogP contribution in [0.4, 0.5) is 0 Å². The first-order valence-corrected chi connectivity index (χ1v) is 6.99. The molecule has 2 aliphatic heterocycles. The summed E-state index contributed by atoms with van der Waals surface area (Å²) < 4.78 is 11.8. The minimum Gasteiger partial charge on any atom is -0.454 e. The maximum absolute atomic E-state index is 6.05. The van der Waals surface area contributed by atoms with Crippen LogP contribution in [0.1, 0.15) is 12.5 Å². The Morgan fingerprint density at radius 1 is 1.33 bits per heavy atom. The molecular formula is C13H17BrN2O2. The Balaban J connectivity index is 1.77. The van der Waals surface area contributed by atoms with Crippen LogP contribution in [-0.4, -0.2) is 30.8 Å². The molecule has 1 aromatic rings. The largest absolute Gasteiger partial charge is 0.454 e. The summed E-state index contributed by atoms with van der Waals surface area (Å²) in [5.74, 6) is 2.22. The fraction of sp³-hybridized carbons (Fsp3) is 0.538. The van der Waals surface area contributed by atoms with Gasteiger partial charge in [0, 0.05) is 30.1 Å². The first kappa shape index (κ1) is 12.3. The van der Waals surface area contributed by atoms with Gasteiger partial charge in [-0.25, -0.2) is 0 Å². The number of hydrogen-bond donors (Lipinski definition) is 1. The predicted octanol–water partition coefficient (Wildman–Crippen LogP) is 1.96. The molecule has 3 rings (SSSR count). The molecular weight excluding hydrogens is 296 g/mol. The van der Waals surface area contributed by atoms with E-state index in [9.17, 15) is 0 Å². The maximum atomic E-state index is 6.05. The second kappa shape index (κ2) is 4.72. The first-order valence-electron chi connectivity index (χ1n) is 6.19. The van der Waals surface area contributed by atoms with Crippen LogP contribution < -0.4 is 15.2 Å². The molecule has 2 heterocycles. The van der Waals surface area contributed by atoms with Gasteiger partial charge >= 0.3 is 0 Å². The van der Waals surface area contributed by atoms with Crippen LogP contribution in [0.25, 0.3) is 0 Å². The number of nitrogens with two attached hydrogens (primary N) is 1. The molecule has 0 amide bonds. The molecule has 18 heavy (non-hydrogen) atoms. The van der Waals surface area contributed by atoms with Gasteiger partial charge in [-0.3, -0.25) is 4.90 Å². The Morgan fingerprint density at radius 2 is 2.06 bits per heavy atom. The minimum absolute atomic E-state index is 0.290. The molecule has 1 fully saturated rings. The highest BCUT2D eigenvalue weighted by Crippen LogP contribution is 2.37.